The van der Waals surface area contributed by atoms with Gasteiger partial charge in [-0.15, -0.1) is 11.3 Å². The summed E-state index contributed by atoms with van der Waals surface area (Å²) in [4.78, 5) is 1.06. The molecule has 0 saturated carbocycles. The first-order chi connectivity index (χ1) is 13.7. The Morgan fingerprint density at radius 1 is 1.25 bits per heavy atom. The lowest BCUT2D eigenvalue weighted by atomic mass is 9.96. The van der Waals surface area contributed by atoms with Gasteiger partial charge in [0, 0.05) is 22.6 Å². The smallest absolute Gasteiger partial charge is 0.223 e. The standard InChI is InChI=1S/C21H17ClN2O3S/c1-26-18-5-2-4-13-16-11-15(14-10-12(22)7-8-17(14)25)23-24(16)21(27-20(13)18)19-6-3-9-28-19/h2-10,16,21,25H,11H2,1H3/t16-,21-/m1/s1. The Morgan fingerprint density at radius 2 is 2.14 bits per heavy atom. The molecule has 0 spiro atoms. The number of hydrogen-bond donors (Lipinski definition) is 1. The molecule has 5 rings (SSSR count). The normalized spacial score (nSPS) is 20.2. The molecule has 5 nitrogen and oxygen atoms in total. The van der Waals surface area contributed by atoms with Gasteiger partial charge in [-0.2, -0.15) is 5.10 Å². The molecule has 2 aliphatic heterocycles. The van der Waals surface area contributed by atoms with Crippen molar-refractivity contribution >= 4 is 28.6 Å². The van der Waals surface area contributed by atoms with Crippen LogP contribution >= 0.6 is 22.9 Å². The molecule has 2 aromatic carbocycles. The number of phenols is 1. The van der Waals surface area contributed by atoms with E-state index in [1.165, 1.54) is 0 Å². The summed E-state index contributed by atoms with van der Waals surface area (Å²) in [6.07, 6.45) is 0.284. The number of benzene rings is 2. The summed E-state index contributed by atoms with van der Waals surface area (Å²) in [7, 11) is 1.64. The highest BCUT2D eigenvalue weighted by Crippen LogP contribution is 2.51. The Labute approximate surface area is 171 Å². The molecule has 0 fully saturated rings. The maximum Gasteiger partial charge on any atom is 0.223 e. The van der Waals surface area contributed by atoms with Crippen LogP contribution in [0.1, 0.15) is 34.7 Å². The summed E-state index contributed by atoms with van der Waals surface area (Å²) >= 11 is 7.78. The van der Waals surface area contributed by atoms with Crippen LogP contribution in [0.3, 0.4) is 0 Å². The number of nitrogens with zero attached hydrogens (tertiary/aromatic N) is 2. The third-order valence-electron chi connectivity index (χ3n) is 5.06. The maximum atomic E-state index is 10.3. The molecule has 28 heavy (non-hydrogen) atoms. The number of phenolic OH excluding ortho intramolecular Hbond substituents is 1. The summed E-state index contributed by atoms with van der Waals surface area (Å²) < 4.78 is 11.9. The number of hydrogen-bond acceptors (Lipinski definition) is 6. The van der Waals surface area contributed by atoms with Crippen LogP contribution in [0.25, 0.3) is 0 Å². The van der Waals surface area contributed by atoms with Crippen molar-refractivity contribution in [1.82, 2.24) is 5.01 Å². The van der Waals surface area contributed by atoms with Crippen molar-refractivity contribution in [1.29, 1.82) is 0 Å². The second-order valence-corrected chi connectivity index (χ2v) is 8.09. The van der Waals surface area contributed by atoms with E-state index in [1.807, 2.05) is 40.7 Å². The zero-order chi connectivity index (χ0) is 19.3. The molecule has 142 valence electrons. The number of para-hydroxylation sites is 1. The number of hydrazone groups is 1. The molecule has 0 aliphatic carbocycles. The number of rotatable bonds is 3. The highest BCUT2D eigenvalue weighted by molar-refractivity contribution is 7.10. The van der Waals surface area contributed by atoms with Crippen LogP contribution in [-0.4, -0.2) is 22.9 Å². The van der Waals surface area contributed by atoms with Gasteiger partial charge in [-0.25, -0.2) is 5.01 Å². The first-order valence-corrected chi connectivity index (χ1v) is 10.1. The van der Waals surface area contributed by atoms with Crippen molar-refractivity contribution in [3.8, 4) is 17.2 Å². The fraction of sp³-hybridized carbons (Fsp3) is 0.190. The number of methoxy groups -OCH3 is 1. The van der Waals surface area contributed by atoms with E-state index in [4.69, 9.17) is 26.2 Å². The van der Waals surface area contributed by atoms with E-state index < -0.39 is 0 Å². The summed E-state index contributed by atoms with van der Waals surface area (Å²) in [6, 6.07) is 14.9. The monoisotopic (exact) mass is 412 g/mol. The predicted molar refractivity (Wildman–Crippen MR) is 110 cm³/mol. The van der Waals surface area contributed by atoms with Gasteiger partial charge in [0.05, 0.1) is 23.7 Å². The quantitative estimate of drug-likeness (QED) is 0.629. The van der Waals surface area contributed by atoms with Crippen LogP contribution in [-0.2, 0) is 0 Å². The molecular formula is C21H17ClN2O3S. The molecule has 3 aromatic rings. The van der Waals surface area contributed by atoms with E-state index in [1.54, 1.807) is 36.6 Å². The van der Waals surface area contributed by atoms with Crippen molar-refractivity contribution in [3.63, 3.8) is 0 Å². The minimum atomic E-state index is -0.354. The van der Waals surface area contributed by atoms with Gasteiger partial charge in [-0.1, -0.05) is 29.8 Å². The second kappa shape index (κ2) is 6.72. The number of fused-ring (bicyclic) bond motifs is 3. The molecule has 0 bridgehead atoms. The summed E-state index contributed by atoms with van der Waals surface area (Å²) in [6.45, 7) is 0. The van der Waals surface area contributed by atoms with E-state index in [-0.39, 0.29) is 18.0 Å². The van der Waals surface area contributed by atoms with Gasteiger partial charge in [-0.05, 0) is 35.7 Å². The first-order valence-electron chi connectivity index (χ1n) is 8.87. The Morgan fingerprint density at radius 3 is 2.93 bits per heavy atom. The Kier molecular flexibility index (Phi) is 4.18. The lowest BCUT2D eigenvalue weighted by Crippen LogP contribution is -2.33. The van der Waals surface area contributed by atoms with E-state index in [0.717, 1.165) is 21.9 Å². The molecule has 0 unspecified atom stereocenters. The molecule has 7 heteroatoms. The minimum Gasteiger partial charge on any atom is -0.507 e. The third kappa shape index (κ3) is 2.72. The third-order valence-corrected chi connectivity index (χ3v) is 6.19. The molecule has 2 atom stereocenters. The summed E-state index contributed by atoms with van der Waals surface area (Å²) in [5, 5.41) is 19.8. The molecular weight excluding hydrogens is 396 g/mol. The van der Waals surface area contributed by atoms with E-state index in [2.05, 4.69) is 0 Å². The molecule has 1 N–H and O–H groups in total. The predicted octanol–water partition coefficient (Wildman–Crippen LogP) is 5.36. The van der Waals surface area contributed by atoms with Crippen molar-refractivity contribution in [2.24, 2.45) is 5.10 Å². The van der Waals surface area contributed by atoms with Crippen LogP contribution in [0.5, 0.6) is 17.2 Å². The zero-order valence-corrected chi connectivity index (χ0v) is 16.6. The van der Waals surface area contributed by atoms with Crippen LogP contribution < -0.4 is 9.47 Å². The van der Waals surface area contributed by atoms with Crippen molar-refractivity contribution in [2.75, 3.05) is 7.11 Å². The molecule has 0 saturated heterocycles. The summed E-state index contributed by atoms with van der Waals surface area (Å²) in [5.41, 5.74) is 2.45. The van der Waals surface area contributed by atoms with E-state index in [0.29, 0.717) is 22.8 Å². The van der Waals surface area contributed by atoms with Gasteiger partial charge < -0.3 is 14.6 Å². The van der Waals surface area contributed by atoms with Gasteiger partial charge >= 0.3 is 0 Å². The minimum absolute atomic E-state index is 0.0145. The van der Waals surface area contributed by atoms with Gasteiger partial charge in [0.15, 0.2) is 11.5 Å². The van der Waals surface area contributed by atoms with Gasteiger partial charge in [-0.3, -0.25) is 0 Å². The van der Waals surface area contributed by atoms with Crippen LogP contribution in [0.2, 0.25) is 5.02 Å². The average Bonchev–Trinajstić information content (AvgIpc) is 3.39. The molecule has 1 aromatic heterocycles. The topological polar surface area (TPSA) is 54.3 Å². The molecule has 3 heterocycles. The SMILES string of the molecule is COc1cccc2c1O[C@H](c1cccs1)N1N=C(c3cc(Cl)ccc3O)C[C@H]21. The number of ether oxygens (including phenoxy) is 2. The van der Waals surface area contributed by atoms with Crippen molar-refractivity contribution < 1.29 is 14.6 Å². The fourth-order valence-electron chi connectivity index (χ4n) is 3.77. The highest BCUT2D eigenvalue weighted by atomic mass is 35.5. The molecule has 0 amide bonds. The first kappa shape index (κ1) is 17.4. The largest absolute Gasteiger partial charge is 0.507 e. The van der Waals surface area contributed by atoms with Crippen molar-refractivity contribution in [3.05, 3.63) is 74.9 Å². The fourth-order valence-corrected chi connectivity index (χ4v) is 4.68. The van der Waals surface area contributed by atoms with Gasteiger partial charge in [0.25, 0.3) is 0 Å². The number of halogens is 1. The molecule has 0 radical (unpaired) electrons. The zero-order valence-electron chi connectivity index (χ0n) is 15.0. The molecule has 2 aliphatic rings. The van der Waals surface area contributed by atoms with Gasteiger partial charge in [0.1, 0.15) is 5.75 Å². The van der Waals surface area contributed by atoms with Crippen molar-refractivity contribution in [2.45, 2.75) is 18.7 Å². The van der Waals surface area contributed by atoms with Crippen LogP contribution in [0.4, 0.5) is 0 Å². The Balaban J connectivity index is 1.64. The Bertz CT molecular complexity index is 1070. The van der Waals surface area contributed by atoms with Gasteiger partial charge in [0.2, 0.25) is 6.23 Å². The van der Waals surface area contributed by atoms with Crippen LogP contribution in [0.15, 0.2) is 59.0 Å². The number of thiophene rings is 1. The second-order valence-electron chi connectivity index (χ2n) is 6.67. The highest BCUT2D eigenvalue weighted by Gasteiger charge is 2.42. The van der Waals surface area contributed by atoms with Crippen LogP contribution in [0, 0.1) is 0 Å². The lowest BCUT2D eigenvalue weighted by molar-refractivity contribution is -0.0184. The van der Waals surface area contributed by atoms with E-state index in [9.17, 15) is 5.11 Å². The average molecular weight is 413 g/mol. The lowest BCUT2D eigenvalue weighted by Gasteiger charge is -2.38. The Hall–Kier alpha value is -2.70. The summed E-state index contributed by atoms with van der Waals surface area (Å²) in [5.74, 6) is 1.62. The van der Waals surface area contributed by atoms with E-state index >= 15 is 0 Å². The maximum absolute atomic E-state index is 10.3. The number of aromatic hydroxyl groups is 1.